The molecule has 0 aromatic rings. The van der Waals surface area contributed by atoms with Crippen molar-refractivity contribution in [3.63, 3.8) is 0 Å². The number of ether oxygens (including phenoxy) is 1. The Balaban J connectivity index is 2.19. The molecule has 1 aliphatic heterocycles. The second-order valence-electron chi connectivity index (χ2n) is 5.67. The van der Waals surface area contributed by atoms with Crippen LogP contribution in [0, 0.1) is 0 Å². The molecule has 1 saturated heterocycles. The van der Waals surface area contributed by atoms with Gasteiger partial charge in [0.15, 0.2) is 6.73 Å². The molecule has 0 N–H and O–H groups in total. The minimum Gasteiger partial charge on any atom is -0.326 e. The molecule has 0 saturated carbocycles. The van der Waals surface area contributed by atoms with Gasteiger partial charge in [0.05, 0.1) is 13.1 Å². The maximum absolute atomic E-state index is 5.65. The van der Waals surface area contributed by atoms with Gasteiger partial charge < -0.3 is 4.74 Å². The summed E-state index contributed by atoms with van der Waals surface area (Å²) in [5, 5.41) is 0. The molecule has 0 atom stereocenters. The van der Waals surface area contributed by atoms with Crippen molar-refractivity contribution in [2.45, 2.75) is 65.2 Å². The van der Waals surface area contributed by atoms with Crippen molar-refractivity contribution in [2.24, 2.45) is 0 Å². The Hall–Kier alpha value is -0.0800. The van der Waals surface area contributed by atoms with E-state index < -0.39 is 0 Å². The molecule has 1 heterocycles. The molecule has 0 spiro atoms. The number of hydrogen-bond acceptors (Lipinski definition) is 1. The molecule has 0 aromatic heterocycles. The van der Waals surface area contributed by atoms with E-state index in [1.54, 1.807) is 0 Å². The van der Waals surface area contributed by atoms with Crippen LogP contribution in [0.2, 0.25) is 0 Å². The van der Waals surface area contributed by atoms with Crippen LogP contribution in [-0.2, 0) is 4.74 Å². The molecule has 0 radical (unpaired) electrons. The molecule has 0 unspecified atom stereocenters. The van der Waals surface area contributed by atoms with Crippen LogP contribution in [0.25, 0.3) is 0 Å². The summed E-state index contributed by atoms with van der Waals surface area (Å²) in [6.07, 6.45) is 11.1. The zero-order chi connectivity index (χ0) is 12.4. The smallest absolute Gasteiger partial charge is 0.183 e. The maximum atomic E-state index is 5.65. The third kappa shape index (κ3) is 5.87. The van der Waals surface area contributed by atoms with Gasteiger partial charge in [0, 0.05) is 0 Å². The molecular formula is C15H32NO+. The van der Waals surface area contributed by atoms with E-state index in [1.165, 1.54) is 75.5 Å². The maximum Gasteiger partial charge on any atom is 0.183 e. The first kappa shape index (κ1) is 15.0. The van der Waals surface area contributed by atoms with Crippen molar-refractivity contribution >= 4 is 0 Å². The fraction of sp³-hybridized carbons (Fsp3) is 1.00. The van der Waals surface area contributed by atoms with Gasteiger partial charge in [0.25, 0.3) is 0 Å². The standard InChI is InChI=1S/C15H32NO/c1-3-5-7-9-11-16(13-14-17-15-16)12-10-8-6-4-2/h3-15H2,1-2H3/q+1. The van der Waals surface area contributed by atoms with Gasteiger partial charge in [-0.25, -0.2) is 0 Å². The van der Waals surface area contributed by atoms with Gasteiger partial charge in [-0.05, 0) is 25.7 Å². The number of quaternary nitrogens is 1. The van der Waals surface area contributed by atoms with Gasteiger partial charge in [-0.15, -0.1) is 0 Å². The Morgan fingerprint density at radius 2 is 1.41 bits per heavy atom. The Kier molecular flexibility index (Phi) is 7.87. The third-order valence-corrected chi connectivity index (χ3v) is 4.05. The van der Waals surface area contributed by atoms with E-state index in [-0.39, 0.29) is 0 Å². The molecular weight excluding hydrogens is 210 g/mol. The summed E-state index contributed by atoms with van der Waals surface area (Å²) in [5.74, 6) is 0. The monoisotopic (exact) mass is 242 g/mol. The van der Waals surface area contributed by atoms with E-state index in [1.807, 2.05) is 0 Å². The van der Waals surface area contributed by atoms with Crippen molar-refractivity contribution in [3.05, 3.63) is 0 Å². The van der Waals surface area contributed by atoms with E-state index in [0.717, 1.165) is 13.3 Å². The van der Waals surface area contributed by atoms with Crippen molar-refractivity contribution in [2.75, 3.05) is 33.0 Å². The van der Waals surface area contributed by atoms with Crippen LogP contribution in [-0.4, -0.2) is 37.5 Å². The molecule has 2 nitrogen and oxygen atoms in total. The van der Waals surface area contributed by atoms with Crippen LogP contribution in [0.3, 0.4) is 0 Å². The van der Waals surface area contributed by atoms with Crippen LogP contribution in [0.4, 0.5) is 0 Å². The normalized spacial score (nSPS) is 18.7. The van der Waals surface area contributed by atoms with Gasteiger partial charge in [-0.2, -0.15) is 0 Å². The predicted molar refractivity (Wildman–Crippen MR) is 74.0 cm³/mol. The molecule has 0 amide bonds. The molecule has 0 bridgehead atoms. The Bertz CT molecular complexity index is 162. The van der Waals surface area contributed by atoms with Crippen LogP contribution >= 0.6 is 0 Å². The number of rotatable bonds is 10. The predicted octanol–water partition coefficient (Wildman–Crippen LogP) is 3.95. The summed E-state index contributed by atoms with van der Waals surface area (Å²) in [6.45, 7) is 10.5. The quantitative estimate of drug-likeness (QED) is 0.416. The van der Waals surface area contributed by atoms with Crippen LogP contribution in [0.15, 0.2) is 0 Å². The van der Waals surface area contributed by atoms with Gasteiger partial charge in [0.1, 0.15) is 13.2 Å². The summed E-state index contributed by atoms with van der Waals surface area (Å²) in [7, 11) is 0. The average Bonchev–Trinajstić information content (AvgIpc) is 2.80. The number of hydrogen-bond donors (Lipinski definition) is 0. The molecule has 1 fully saturated rings. The van der Waals surface area contributed by atoms with Gasteiger partial charge in [-0.3, -0.25) is 4.48 Å². The first-order valence-electron chi connectivity index (χ1n) is 7.76. The Morgan fingerprint density at radius 3 is 1.82 bits per heavy atom. The first-order valence-corrected chi connectivity index (χ1v) is 7.76. The van der Waals surface area contributed by atoms with E-state index in [9.17, 15) is 0 Å². The molecule has 2 heteroatoms. The highest BCUT2D eigenvalue weighted by Crippen LogP contribution is 2.18. The summed E-state index contributed by atoms with van der Waals surface area (Å²) < 4.78 is 6.90. The highest BCUT2D eigenvalue weighted by Gasteiger charge is 2.31. The molecule has 1 aliphatic rings. The topological polar surface area (TPSA) is 9.23 Å². The summed E-state index contributed by atoms with van der Waals surface area (Å²) in [5.41, 5.74) is 0. The molecule has 17 heavy (non-hydrogen) atoms. The molecule has 0 aromatic carbocycles. The summed E-state index contributed by atoms with van der Waals surface area (Å²) in [6, 6.07) is 0. The zero-order valence-electron chi connectivity index (χ0n) is 12.0. The lowest BCUT2D eigenvalue weighted by atomic mass is 10.1. The lowest BCUT2D eigenvalue weighted by Crippen LogP contribution is -2.47. The minimum absolute atomic E-state index is 0.984. The van der Waals surface area contributed by atoms with E-state index >= 15 is 0 Å². The fourth-order valence-electron chi connectivity index (χ4n) is 2.79. The number of unbranched alkanes of at least 4 members (excludes halogenated alkanes) is 6. The van der Waals surface area contributed by atoms with Gasteiger partial charge in [0.2, 0.25) is 0 Å². The molecule has 1 rings (SSSR count). The Morgan fingerprint density at radius 1 is 0.824 bits per heavy atom. The van der Waals surface area contributed by atoms with Gasteiger partial charge >= 0.3 is 0 Å². The van der Waals surface area contributed by atoms with Crippen LogP contribution < -0.4 is 0 Å². The average molecular weight is 242 g/mol. The molecule has 102 valence electrons. The van der Waals surface area contributed by atoms with Crippen LogP contribution in [0.5, 0.6) is 0 Å². The minimum atomic E-state index is 0.984. The van der Waals surface area contributed by atoms with Crippen molar-refractivity contribution in [3.8, 4) is 0 Å². The van der Waals surface area contributed by atoms with Crippen molar-refractivity contribution in [1.29, 1.82) is 0 Å². The largest absolute Gasteiger partial charge is 0.326 e. The zero-order valence-corrected chi connectivity index (χ0v) is 12.0. The summed E-state index contributed by atoms with van der Waals surface area (Å²) >= 11 is 0. The molecule has 0 aliphatic carbocycles. The van der Waals surface area contributed by atoms with Crippen molar-refractivity contribution < 1.29 is 9.22 Å². The fourth-order valence-corrected chi connectivity index (χ4v) is 2.79. The van der Waals surface area contributed by atoms with E-state index in [2.05, 4.69) is 13.8 Å². The van der Waals surface area contributed by atoms with E-state index in [0.29, 0.717) is 0 Å². The van der Waals surface area contributed by atoms with Crippen LogP contribution in [0.1, 0.15) is 65.2 Å². The third-order valence-electron chi connectivity index (χ3n) is 4.05. The Labute approximate surface area is 108 Å². The highest BCUT2D eigenvalue weighted by molar-refractivity contribution is 4.51. The second kappa shape index (κ2) is 8.93. The van der Waals surface area contributed by atoms with E-state index in [4.69, 9.17) is 4.74 Å². The van der Waals surface area contributed by atoms with Crippen molar-refractivity contribution in [1.82, 2.24) is 0 Å². The SMILES string of the molecule is CCCCCC[N+]1(CCCCCC)CCOC1. The van der Waals surface area contributed by atoms with Gasteiger partial charge in [-0.1, -0.05) is 39.5 Å². The first-order chi connectivity index (χ1) is 8.33. The number of nitrogens with zero attached hydrogens (tertiary/aromatic N) is 1. The summed E-state index contributed by atoms with van der Waals surface area (Å²) in [4.78, 5) is 0. The lowest BCUT2D eigenvalue weighted by Gasteiger charge is -2.32. The second-order valence-corrected chi connectivity index (χ2v) is 5.67. The lowest BCUT2D eigenvalue weighted by molar-refractivity contribution is -0.925. The highest BCUT2D eigenvalue weighted by atomic mass is 16.5.